The second-order valence-electron chi connectivity index (χ2n) is 3.64. The van der Waals surface area contributed by atoms with E-state index in [1.165, 1.54) is 5.57 Å². The number of nitrogens with zero attached hydrogens (tertiary/aromatic N) is 1. The van der Waals surface area contributed by atoms with Crippen molar-refractivity contribution in [3.63, 3.8) is 0 Å². The van der Waals surface area contributed by atoms with Crippen LogP contribution in [0.2, 0.25) is 0 Å². The minimum Gasteiger partial charge on any atom is -0.508 e. The van der Waals surface area contributed by atoms with E-state index in [9.17, 15) is 5.11 Å². The molecule has 1 aliphatic heterocycles. The van der Waals surface area contributed by atoms with Gasteiger partial charge in [0.1, 0.15) is 12.4 Å². The van der Waals surface area contributed by atoms with Gasteiger partial charge >= 0.3 is 0 Å². The first-order chi connectivity index (χ1) is 7.25. The Labute approximate surface area is 89.7 Å². The van der Waals surface area contributed by atoms with Gasteiger partial charge in [-0.3, -0.25) is 0 Å². The molecule has 1 fully saturated rings. The molecule has 0 atom stereocenters. The van der Waals surface area contributed by atoms with Gasteiger partial charge in [-0.15, -0.1) is 0 Å². The van der Waals surface area contributed by atoms with Crippen LogP contribution in [0.15, 0.2) is 48.1 Å². The summed E-state index contributed by atoms with van der Waals surface area (Å²) in [6.45, 7) is 6.25. The topological polar surface area (TPSA) is 32.7 Å². The largest absolute Gasteiger partial charge is 0.508 e. The molecular weight excluding hydrogens is 190 g/mol. The second kappa shape index (κ2) is 4.26. The zero-order chi connectivity index (χ0) is 10.7. The molecule has 0 amide bonds. The number of hydrogen-bond acceptors (Lipinski definition) is 3. The maximum Gasteiger partial charge on any atom is 0.182 e. The maximum atomic E-state index is 9.30. The summed E-state index contributed by atoms with van der Waals surface area (Å²) in [6, 6.07) is 0. The third-order valence-electron chi connectivity index (χ3n) is 2.53. The lowest BCUT2D eigenvalue weighted by atomic mass is 10.2. The van der Waals surface area contributed by atoms with Crippen LogP contribution in [0.5, 0.6) is 0 Å². The minimum absolute atomic E-state index is 0.331. The molecule has 1 heterocycles. The standard InChI is InChI=1S/C12H15NO2/c1-10-13(7-8-15-10)9-11-3-2-4-12(14)6-5-11/h3-6,14H,1-2,7-9H2. The van der Waals surface area contributed by atoms with E-state index in [4.69, 9.17) is 4.74 Å². The van der Waals surface area contributed by atoms with Gasteiger partial charge < -0.3 is 14.7 Å². The highest BCUT2D eigenvalue weighted by Crippen LogP contribution is 2.16. The van der Waals surface area contributed by atoms with Crippen molar-refractivity contribution >= 4 is 0 Å². The number of allylic oxidation sites excluding steroid dienone is 3. The normalized spacial score (nSPS) is 20.8. The van der Waals surface area contributed by atoms with Crippen molar-refractivity contribution in [2.45, 2.75) is 6.42 Å². The first-order valence-corrected chi connectivity index (χ1v) is 5.08. The van der Waals surface area contributed by atoms with E-state index in [0.717, 1.165) is 32.0 Å². The van der Waals surface area contributed by atoms with Crippen LogP contribution < -0.4 is 0 Å². The molecule has 15 heavy (non-hydrogen) atoms. The predicted molar refractivity (Wildman–Crippen MR) is 59.2 cm³/mol. The first kappa shape index (κ1) is 9.90. The van der Waals surface area contributed by atoms with E-state index >= 15 is 0 Å². The quantitative estimate of drug-likeness (QED) is 0.749. The molecular formula is C12H15NO2. The van der Waals surface area contributed by atoms with Gasteiger partial charge in [-0.1, -0.05) is 12.2 Å². The summed E-state index contributed by atoms with van der Waals surface area (Å²) in [4.78, 5) is 2.10. The fourth-order valence-electron chi connectivity index (χ4n) is 1.65. The van der Waals surface area contributed by atoms with Gasteiger partial charge in [-0.05, 0) is 30.7 Å². The molecule has 0 aromatic carbocycles. The second-order valence-corrected chi connectivity index (χ2v) is 3.64. The molecule has 0 radical (unpaired) electrons. The molecule has 1 aliphatic carbocycles. The third-order valence-corrected chi connectivity index (χ3v) is 2.53. The molecule has 0 saturated carbocycles. The average Bonchev–Trinajstić information content (AvgIpc) is 2.48. The van der Waals surface area contributed by atoms with Crippen LogP contribution in [0.4, 0.5) is 0 Å². The van der Waals surface area contributed by atoms with Crippen molar-refractivity contribution in [1.29, 1.82) is 0 Å². The monoisotopic (exact) mass is 205 g/mol. The SMILES string of the molecule is C=C1OCCN1CC1=CCC=C(O)C=C1. The van der Waals surface area contributed by atoms with Gasteiger partial charge in [0.05, 0.1) is 6.54 Å². The lowest BCUT2D eigenvalue weighted by Gasteiger charge is -2.16. The highest BCUT2D eigenvalue weighted by molar-refractivity contribution is 5.30. The highest BCUT2D eigenvalue weighted by Gasteiger charge is 2.16. The van der Waals surface area contributed by atoms with E-state index in [1.54, 1.807) is 12.2 Å². The van der Waals surface area contributed by atoms with Gasteiger partial charge in [-0.25, -0.2) is 0 Å². The summed E-state index contributed by atoms with van der Waals surface area (Å²) >= 11 is 0. The molecule has 0 aromatic heterocycles. The summed E-state index contributed by atoms with van der Waals surface area (Å²) in [5, 5.41) is 9.30. The van der Waals surface area contributed by atoms with Gasteiger partial charge in [0.15, 0.2) is 5.88 Å². The van der Waals surface area contributed by atoms with Gasteiger partial charge in [0, 0.05) is 6.54 Å². The third kappa shape index (κ3) is 2.43. The molecule has 0 spiro atoms. The first-order valence-electron chi connectivity index (χ1n) is 5.08. The summed E-state index contributed by atoms with van der Waals surface area (Å²) < 4.78 is 5.28. The number of rotatable bonds is 2. The van der Waals surface area contributed by atoms with E-state index in [-0.39, 0.29) is 0 Å². The van der Waals surface area contributed by atoms with Crippen LogP contribution in [-0.2, 0) is 4.74 Å². The van der Waals surface area contributed by atoms with Crippen LogP contribution in [0, 0.1) is 0 Å². The summed E-state index contributed by atoms with van der Waals surface area (Å²) in [7, 11) is 0. The van der Waals surface area contributed by atoms with Crippen molar-refractivity contribution in [1.82, 2.24) is 4.90 Å². The van der Waals surface area contributed by atoms with Crippen molar-refractivity contribution in [2.24, 2.45) is 0 Å². The molecule has 0 unspecified atom stereocenters. The zero-order valence-electron chi connectivity index (χ0n) is 8.65. The minimum atomic E-state index is 0.331. The Kier molecular flexibility index (Phi) is 2.81. The van der Waals surface area contributed by atoms with Crippen LogP contribution in [0.3, 0.4) is 0 Å². The predicted octanol–water partition coefficient (Wildman–Crippen LogP) is 2.12. The van der Waals surface area contributed by atoms with Crippen molar-refractivity contribution in [3.8, 4) is 0 Å². The van der Waals surface area contributed by atoms with Crippen molar-refractivity contribution < 1.29 is 9.84 Å². The highest BCUT2D eigenvalue weighted by atomic mass is 16.5. The van der Waals surface area contributed by atoms with Gasteiger partial charge in [0.25, 0.3) is 0 Å². The maximum absolute atomic E-state index is 9.30. The van der Waals surface area contributed by atoms with Crippen LogP contribution >= 0.6 is 0 Å². The zero-order valence-corrected chi connectivity index (χ0v) is 8.65. The molecule has 1 N–H and O–H groups in total. The number of ether oxygens (including phenoxy) is 1. The molecule has 3 nitrogen and oxygen atoms in total. The smallest absolute Gasteiger partial charge is 0.182 e. The van der Waals surface area contributed by atoms with Gasteiger partial charge in [-0.2, -0.15) is 0 Å². The van der Waals surface area contributed by atoms with Gasteiger partial charge in [0.2, 0.25) is 0 Å². The molecule has 0 bridgehead atoms. The Morgan fingerprint density at radius 3 is 3.00 bits per heavy atom. The Morgan fingerprint density at radius 1 is 1.40 bits per heavy atom. The fraction of sp³-hybridized carbons (Fsp3) is 0.333. The number of hydrogen-bond donors (Lipinski definition) is 1. The van der Waals surface area contributed by atoms with E-state index in [0.29, 0.717) is 5.76 Å². The number of aliphatic hydroxyl groups excluding tert-OH is 1. The van der Waals surface area contributed by atoms with Crippen LogP contribution in [0.25, 0.3) is 0 Å². The molecule has 3 heteroatoms. The summed E-state index contributed by atoms with van der Waals surface area (Å²) in [5.74, 6) is 1.07. The van der Waals surface area contributed by atoms with E-state index in [1.807, 2.05) is 6.08 Å². The lowest BCUT2D eigenvalue weighted by Crippen LogP contribution is -2.20. The average molecular weight is 205 g/mol. The number of aliphatic hydroxyl groups is 1. The molecule has 80 valence electrons. The molecule has 2 aliphatic rings. The lowest BCUT2D eigenvalue weighted by molar-refractivity contribution is 0.241. The fourth-order valence-corrected chi connectivity index (χ4v) is 1.65. The van der Waals surface area contributed by atoms with Crippen LogP contribution in [0.1, 0.15) is 6.42 Å². The Balaban J connectivity index is 1.98. The van der Waals surface area contributed by atoms with E-state index < -0.39 is 0 Å². The Bertz CT molecular complexity index is 353. The van der Waals surface area contributed by atoms with Crippen molar-refractivity contribution in [3.05, 3.63) is 48.1 Å². The Morgan fingerprint density at radius 2 is 2.27 bits per heavy atom. The summed E-state index contributed by atoms with van der Waals surface area (Å²) in [5.41, 5.74) is 1.18. The van der Waals surface area contributed by atoms with Crippen molar-refractivity contribution in [2.75, 3.05) is 19.7 Å². The summed E-state index contributed by atoms with van der Waals surface area (Å²) in [6.07, 6.45) is 8.32. The molecule has 0 aromatic rings. The molecule has 1 saturated heterocycles. The Hall–Kier alpha value is -1.64. The molecule has 2 rings (SSSR count). The van der Waals surface area contributed by atoms with Crippen LogP contribution in [-0.4, -0.2) is 29.7 Å². The van der Waals surface area contributed by atoms with E-state index in [2.05, 4.69) is 17.6 Å².